The maximum absolute atomic E-state index is 12.2. The number of thiazole rings is 1. The number of thioether (sulfide) groups is 1. The van der Waals surface area contributed by atoms with E-state index in [9.17, 15) is 9.59 Å². The lowest BCUT2D eigenvalue weighted by atomic mass is 10.2. The van der Waals surface area contributed by atoms with Crippen molar-refractivity contribution in [3.05, 3.63) is 54.1 Å². The fourth-order valence-electron chi connectivity index (χ4n) is 2.56. The average molecular weight is 398 g/mol. The third-order valence-corrected chi connectivity index (χ3v) is 5.79. The SMILES string of the molecule is COc1ccc(C(=O)NC(=O)CSc2nnc3sc4ccccc4n23)cc1. The van der Waals surface area contributed by atoms with Crippen LogP contribution in [0.2, 0.25) is 0 Å². The molecule has 7 nitrogen and oxygen atoms in total. The fourth-order valence-corrected chi connectivity index (χ4v) is 4.32. The van der Waals surface area contributed by atoms with Crippen LogP contribution in [-0.4, -0.2) is 39.3 Å². The van der Waals surface area contributed by atoms with Crippen molar-refractivity contribution in [3.8, 4) is 5.75 Å². The van der Waals surface area contributed by atoms with Crippen molar-refractivity contribution in [1.82, 2.24) is 19.9 Å². The number of nitrogens with one attached hydrogen (secondary N) is 1. The number of ether oxygens (including phenoxy) is 1. The van der Waals surface area contributed by atoms with Crippen molar-refractivity contribution in [3.63, 3.8) is 0 Å². The van der Waals surface area contributed by atoms with E-state index in [2.05, 4.69) is 15.5 Å². The summed E-state index contributed by atoms with van der Waals surface area (Å²) in [7, 11) is 1.55. The van der Waals surface area contributed by atoms with Crippen LogP contribution in [-0.2, 0) is 4.79 Å². The highest BCUT2D eigenvalue weighted by Crippen LogP contribution is 2.29. The van der Waals surface area contributed by atoms with Crippen LogP contribution in [0.3, 0.4) is 0 Å². The van der Waals surface area contributed by atoms with Gasteiger partial charge in [-0.05, 0) is 36.4 Å². The number of rotatable bonds is 5. The van der Waals surface area contributed by atoms with Crippen LogP contribution in [0.15, 0.2) is 53.7 Å². The van der Waals surface area contributed by atoms with E-state index in [0.717, 1.165) is 15.2 Å². The molecule has 0 saturated heterocycles. The molecule has 2 amide bonds. The van der Waals surface area contributed by atoms with Gasteiger partial charge in [-0.15, -0.1) is 10.2 Å². The quantitative estimate of drug-likeness (QED) is 0.520. The second-order valence-electron chi connectivity index (χ2n) is 5.56. The summed E-state index contributed by atoms with van der Waals surface area (Å²) in [5.41, 5.74) is 1.39. The van der Waals surface area contributed by atoms with Gasteiger partial charge in [0.25, 0.3) is 5.91 Å². The molecule has 0 atom stereocenters. The molecule has 2 heterocycles. The van der Waals surface area contributed by atoms with E-state index in [-0.39, 0.29) is 5.75 Å². The van der Waals surface area contributed by atoms with E-state index < -0.39 is 11.8 Å². The molecule has 0 unspecified atom stereocenters. The number of amides is 2. The molecule has 0 saturated carbocycles. The minimum Gasteiger partial charge on any atom is -0.497 e. The Bertz CT molecular complexity index is 1130. The number of hydrogen-bond acceptors (Lipinski definition) is 7. The van der Waals surface area contributed by atoms with Crippen LogP contribution in [0.1, 0.15) is 10.4 Å². The Labute approximate surface area is 162 Å². The summed E-state index contributed by atoms with van der Waals surface area (Å²) < 4.78 is 8.07. The van der Waals surface area contributed by atoms with Crippen LogP contribution in [0.5, 0.6) is 5.75 Å². The molecule has 0 bridgehead atoms. The summed E-state index contributed by atoms with van der Waals surface area (Å²) in [6, 6.07) is 14.5. The Morgan fingerprint density at radius 3 is 2.70 bits per heavy atom. The summed E-state index contributed by atoms with van der Waals surface area (Å²) in [6.45, 7) is 0. The van der Waals surface area contributed by atoms with Crippen molar-refractivity contribution < 1.29 is 14.3 Å². The van der Waals surface area contributed by atoms with Crippen LogP contribution < -0.4 is 10.1 Å². The topological polar surface area (TPSA) is 85.6 Å². The highest BCUT2D eigenvalue weighted by molar-refractivity contribution is 7.99. The molecule has 0 aliphatic heterocycles. The Kier molecular flexibility index (Phi) is 4.78. The van der Waals surface area contributed by atoms with Crippen molar-refractivity contribution in [2.24, 2.45) is 0 Å². The van der Waals surface area contributed by atoms with Gasteiger partial charge in [0.15, 0.2) is 5.16 Å². The van der Waals surface area contributed by atoms with E-state index in [1.54, 1.807) is 31.4 Å². The number of carbonyl (C=O) groups excluding carboxylic acids is 2. The van der Waals surface area contributed by atoms with Crippen LogP contribution in [0.4, 0.5) is 0 Å². The smallest absolute Gasteiger partial charge is 0.257 e. The maximum Gasteiger partial charge on any atom is 0.257 e. The van der Waals surface area contributed by atoms with Crippen LogP contribution >= 0.6 is 23.1 Å². The number of fused-ring (bicyclic) bond motifs is 3. The van der Waals surface area contributed by atoms with E-state index in [4.69, 9.17) is 4.74 Å². The zero-order chi connectivity index (χ0) is 18.8. The zero-order valence-corrected chi connectivity index (χ0v) is 15.8. The summed E-state index contributed by atoms with van der Waals surface area (Å²) in [4.78, 5) is 25.1. The first-order valence-corrected chi connectivity index (χ1v) is 9.79. The number of benzene rings is 2. The molecule has 136 valence electrons. The van der Waals surface area contributed by atoms with Gasteiger partial charge in [-0.3, -0.25) is 19.3 Å². The molecule has 4 aromatic rings. The number of methoxy groups -OCH3 is 1. The van der Waals surface area contributed by atoms with Gasteiger partial charge in [-0.2, -0.15) is 0 Å². The molecule has 0 spiro atoms. The van der Waals surface area contributed by atoms with E-state index in [1.807, 2.05) is 28.7 Å². The molecule has 0 fully saturated rings. The summed E-state index contributed by atoms with van der Waals surface area (Å²) in [6.07, 6.45) is 0. The van der Waals surface area contributed by atoms with Crippen molar-refractivity contribution in [2.75, 3.05) is 12.9 Å². The first-order valence-electron chi connectivity index (χ1n) is 7.99. The average Bonchev–Trinajstić information content (AvgIpc) is 3.25. The molecule has 0 aliphatic rings. The van der Waals surface area contributed by atoms with E-state index >= 15 is 0 Å². The molecule has 0 radical (unpaired) electrons. The molecule has 4 rings (SSSR count). The Morgan fingerprint density at radius 2 is 1.93 bits per heavy atom. The Hall–Kier alpha value is -2.91. The predicted octanol–water partition coefficient (Wildman–Crippen LogP) is 3.00. The third kappa shape index (κ3) is 3.51. The van der Waals surface area contributed by atoms with Crippen molar-refractivity contribution >= 4 is 50.1 Å². The molecular formula is C18H14N4O3S2. The lowest BCUT2D eigenvalue weighted by molar-refractivity contribution is -0.117. The van der Waals surface area contributed by atoms with Gasteiger partial charge >= 0.3 is 0 Å². The van der Waals surface area contributed by atoms with Gasteiger partial charge in [0.1, 0.15) is 5.75 Å². The molecule has 1 N–H and O–H groups in total. The van der Waals surface area contributed by atoms with Crippen molar-refractivity contribution in [2.45, 2.75) is 5.16 Å². The fraction of sp³-hybridized carbons (Fsp3) is 0.111. The number of imide groups is 1. The third-order valence-electron chi connectivity index (χ3n) is 3.85. The molecule has 2 aromatic heterocycles. The largest absolute Gasteiger partial charge is 0.497 e. The molecule has 0 aliphatic carbocycles. The number of aromatic nitrogens is 3. The summed E-state index contributed by atoms with van der Waals surface area (Å²) in [5, 5.41) is 11.3. The Balaban J connectivity index is 1.43. The Morgan fingerprint density at radius 1 is 1.15 bits per heavy atom. The monoisotopic (exact) mass is 398 g/mol. The van der Waals surface area contributed by atoms with Gasteiger partial charge in [0, 0.05) is 5.56 Å². The normalized spacial score (nSPS) is 11.0. The summed E-state index contributed by atoms with van der Waals surface area (Å²) >= 11 is 2.78. The van der Waals surface area contributed by atoms with Gasteiger partial charge in [0.2, 0.25) is 10.9 Å². The number of para-hydroxylation sites is 1. The molecule has 27 heavy (non-hydrogen) atoms. The van der Waals surface area contributed by atoms with Crippen LogP contribution in [0, 0.1) is 0 Å². The lowest BCUT2D eigenvalue weighted by Crippen LogP contribution is -2.31. The first kappa shape index (κ1) is 17.5. The first-order chi connectivity index (χ1) is 13.2. The minimum absolute atomic E-state index is 0.0624. The van der Waals surface area contributed by atoms with Crippen LogP contribution in [0.25, 0.3) is 15.2 Å². The van der Waals surface area contributed by atoms with Gasteiger partial charge in [-0.25, -0.2) is 0 Å². The van der Waals surface area contributed by atoms with E-state index in [0.29, 0.717) is 16.5 Å². The second-order valence-corrected chi connectivity index (χ2v) is 7.52. The molecular weight excluding hydrogens is 384 g/mol. The number of hydrogen-bond donors (Lipinski definition) is 1. The van der Waals surface area contributed by atoms with Gasteiger partial charge < -0.3 is 4.74 Å². The summed E-state index contributed by atoms with van der Waals surface area (Å²) in [5.74, 6) is -0.132. The molecule has 2 aromatic carbocycles. The van der Waals surface area contributed by atoms with Crippen molar-refractivity contribution in [1.29, 1.82) is 0 Å². The second kappa shape index (κ2) is 7.37. The number of carbonyl (C=O) groups is 2. The standard InChI is InChI=1S/C18H14N4O3S2/c1-25-12-8-6-11(7-9-12)16(24)19-15(23)10-26-17-20-21-18-22(17)13-4-2-3-5-14(13)27-18/h2-9H,10H2,1H3,(H,19,23,24). The zero-order valence-electron chi connectivity index (χ0n) is 14.2. The maximum atomic E-state index is 12.2. The predicted molar refractivity (Wildman–Crippen MR) is 105 cm³/mol. The van der Waals surface area contributed by atoms with E-state index in [1.165, 1.54) is 23.1 Å². The van der Waals surface area contributed by atoms with Gasteiger partial charge in [-0.1, -0.05) is 35.2 Å². The number of nitrogens with zero attached hydrogens (tertiary/aromatic N) is 3. The molecule has 9 heteroatoms. The lowest BCUT2D eigenvalue weighted by Gasteiger charge is -2.05. The highest BCUT2D eigenvalue weighted by Gasteiger charge is 2.15. The minimum atomic E-state index is -0.448. The van der Waals surface area contributed by atoms with Gasteiger partial charge in [0.05, 0.1) is 23.1 Å². The highest BCUT2D eigenvalue weighted by atomic mass is 32.2.